The minimum absolute atomic E-state index is 0.00442. The van der Waals surface area contributed by atoms with E-state index in [0.29, 0.717) is 38.9 Å². The van der Waals surface area contributed by atoms with Crippen LogP contribution in [0.1, 0.15) is 143 Å². The number of rotatable bonds is 8. The van der Waals surface area contributed by atoms with Crippen LogP contribution in [-0.4, -0.2) is 205 Å². The molecule has 4 N–H and O–H groups in total. The Bertz CT molecular complexity index is 2130. The van der Waals surface area contributed by atoms with E-state index >= 15 is 0 Å². The second-order valence-electron chi connectivity index (χ2n) is 26.9. The van der Waals surface area contributed by atoms with Crippen molar-refractivity contribution < 1.29 is 86.8 Å². The van der Waals surface area contributed by atoms with Crippen LogP contribution in [0.25, 0.3) is 0 Å². The highest BCUT2D eigenvalue weighted by molar-refractivity contribution is 5.70. The molecule has 13 heterocycles. The Balaban J connectivity index is 0.730. The van der Waals surface area contributed by atoms with E-state index in [-0.39, 0.29) is 159 Å². The molecule has 0 aromatic carbocycles. The predicted molar refractivity (Wildman–Crippen MR) is 284 cm³/mol. The van der Waals surface area contributed by atoms with Crippen LogP contribution in [-0.2, 0) is 66.4 Å². The first kappa shape index (κ1) is 57.7. The number of ether oxygens (including phenoxy) is 13. The third-order valence-electron chi connectivity index (χ3n) is 21.3. The highest BCUT2D eigenvalue weighted by Crippen LogP contribution is 2.56. The van der Waals surface area contributed by atoms with Gasteiger partial charge in [0.2, 0.25) is 0 Å². The summed E-state index contributed by atoms with van der Waals surface area (Å²) in [6.07, 6.45) is 3.77. The van der Waals surface area contributed by atoms with Crippen molar-refractivity contribution in [2.75, 3.05) is 26.9 Å². The summed E-state index contributed by atoms with van der Waals surface area (Å²) in [7, 11) is 1.70. The molecule has 1 spiro atoms. The van der Waals surface area contributed by atoms with Gasteiger partial charge < -0.3 is 82.0 Å². The van der Waals surface area contributed by atoms with E-state index in [0.717, 1.165) is 81.8 Å². The van der Waals surface area contributed by atoms with Gasteiger partial charge in [-0.05, 0) is 105 Å². The summed E-state index contributed by atoms with van der Waals surface area (Å²) < 4.78 is 87.9. The van der Waals surface area contributed by atoms with Crippen molar-refractivity contribution in [3.63, 3.8) is 0 Å². The van der Waals surface area contributed by atoms with Crippen molar-refractivity contribution in [3.8, 4) is 0 Å². The number of hydrogen-bond donors (Lipinski definition) is 4. The van der Waals surface area contributed by atoms with Gasteiger partial charge in [0.05, 0.1) is 147 Å². The lowest BCUT2D eigenvalue weighted by Crippen LogP contribution is -2.60. The van der Waals surface area contributed by atoms with Crippen molar-refractivity contribution in [3.05, 3.63) is 24.3 Å². The summed E-state index contributed by atoms with van der Waals surface area (Å²) >= 11 is 0. The molecule has 13 saturated heterocycles. The monoisotopic (exact) mass is 1110 g/mol. The van der Waals surface area contributed by atoms with Crippen molar-refractivity contribution in [2.45, 2.75) is 295 Å². The standard InChI is InChI=1S/C61H94O18/c1-29-14-37-8-10-43-30(2)15-39(70-43)12-13-68-59-50-23-47(69-28-53(59)67-7)60-44(74-50)11-9-38(73-60)20-54(66)78-58-34(6)57-48(75-49(58)22-45(71-37)33(29)5)18-35-24-61(25-51(35)77-57)26-52-56(79-61)32(4)17-40(72-52)16-31(3)55-42(65)21-46(76-55)41(64)19-36(63)27-62/h29,31-32,34-53,55-60,62-65H,2,5,8-28H2,1,3-4,6-7H3/t29-,31+,32+,34+,35+,36-,37+,38-,39+,40-,41?,42+,43+,44+,45-,46+,47-,48+,49?,50-,51-,52?,53+,55+,56+,57+,58-,59+,60+,61+/m1/s1. The van der Waals surface area contributed by atoms with E-state index in [1.165, 1.54) is 0 Å². The van der Waals surface area contributed by atoms with Crippen molar-refractivity contribution >= 4 is 5.97 Å². The van der Waals surface area contributed by atoms with Gasteiger partial charge in [0.15, 0.2) is 0 Å². The maximum atomic E-state index is 14.5. The quantitative estimate of drug-likeness (QED) is 0.177. The molecule has 14 fully saturated rings. The molecule has 13 aliphatic heterocycles. The third kappa shape index (κ3) is 12.0. The molecule has 30 atom stereocenters. The van der Waals surface area contributed by atoms with Crippen LogP contribution in [0.5, 0.6) is 0 Å². The van der Waals surface area contributed by atoms with Crippen molar-refractivity contribution in [1.82, 2.24) is 0 Å². The van der Waals surface area contributed by atoms with E-state index in [2.05, 4.69) is 40.9 Å². The molecule has 0 radical (unpaired) electrons. The van der Waals surface area contributed by atoms with Crippen LogP contribution < -0.4 is 0 Å². The molecule has 1 aliphatic carbocycles. The predicted octanol–water partition coefficient (Wildman–Crippen LogP) is 5.37. The average molecular weight is 1120 g/mol. The highest BCUT2D eigenvalue weighted by atomic mass is 16.6. The Hall–Kier alpha value is -1.69. The minimum Gasteiger partial charge on any atom is -0.459 e. The number of fused-ring (bicyclic) bond motifs is 4. The fourth-order valence-electron chi connectivity index (χ4n) is 17.1. The molecule has 79 heavy (non-hydrogen) atoms. The molecular formula is C61H94O18. The van der Waals surface area contributed by atoms with Gasteiger partial charge in [0.1, 0.15) is 24.4 Å². The largest absolute Gasteiger partial charge is 0.459 e. The van der Waals surface area contributed by atoms with Crippen molar-refractivity contribution in [2.24, 2.45) is 29.6 Å². The van der Waals surface area contributed by atoms with Gasteiger partial charge in [-0.15, -0.1) is 0 Å². The molecule has 1 saturated carbocycles. The van der Waals surface area contributed by atoms with E-state index in [1.54, 1.807) is 7.11 Å². The zero-order valence-electron chi connectivity index (χ0n) is 47.5. The molecule has 18 nitrogen and oxygen atoms in total. The lowest BCUT2D eigenvalue weighted by atomic mass is 9.78. The summed E-state index contributed by atoms with van der Waals surface area (Å²) in [6.45, 7) is 18.2. The van der Waals surface area contributed by atoms with Gasteiger partial charge in [-0.25, -0.2) is 0 Å². The third-order valence-corrected chi connectivity index (χ3v) is 21.3. The first-order chi connectivity index (χ1) is 38.0. The summed E-state index contributed by atoms with van der Waals surface area (Å²) in [5.74, 6) is 0.172. The zero-order chi connectivity index (χ0) is 55.0. The molecule has 446 valence electrons. The van der Waals surface area contributed by atoms with Gasteiger partial charge in [-0.1, -0.05) is 40.9 Å². The summed E-state index contributed by atoms with van der Waals surface area (Å²) in [6, 6.07) is 0. The topological polar surface area (TPSA) is 218 Å². The van der Waals surface area contributed by atoms with Gasteiger partial charge in [-0.2, -0.15) is 0 Å². The Morgan fingerprint density at radius 1 is 0.684 bits per heavy atom. The van der Waals surface area contributed by atoms with Crippen molar-refractivity contribution in [1.29, 1.82) is 0 Å². The SMILES string of the molecule is C=C1C[C@@H]2CCO[C@@H]3[C@@H](OC)CO[C@@H]4C[C@H]3O[C@H]3CC[C@H](CC(=O)O[C@H]5C(C[C@H]6O[C@@H](CC[C@@H]1O2)C[C@@H](C)C6=C)O[C@H]1C[C@H]2C[C@@]6(CC7O[C@H](C[C@H](C)[C@@H]8O[C@H](C(O)C[C@@H](O)CO)C[C@@H]8O)C[C@H](C)[C@@H]7O6)C[C@H]2O[C@H]1[C@@H]5C)O[C@@H]34. The number of esters is 1. The maximum absolute atomic E-state index is 14.5. The van der Waals surface area contributed by atoms with Gasteiger partial charge >= 0.3 is 5.97 Å². The minimum atomic E-state index is -1.04. The van der Waals surface area contributed by atoms with Crippen LogP contribution in [0.15, 0.2) is 24.3 Å². The van der Waals surface area contributed by atoms with E-state index in [9.17, 15) is 25.2 Å². The number of hydrogen-bond acceptors (Lipinski definition) is 18. The number of aliphatic hydroxyl groups is 4. The van der Waals surface area contributed by atoms with E-state index in [4.69, 9.17) is 61.6 Å². The van der Waals surface area contributed by atoms with Gasteiger partial charge in [-0.3, -0.25) is 4.79 Å². The Kier molecular flexibility index (Phi) is 17.5. The number of aliphatic hydroxyl groups excluding tert-OH is 4. The zero-order valence-corrected chi connectivity index (χ0v) is 47.5. The first-order valence-corrected chi connectivity index (χ1v) is 30.9. The molecule has 0 amide bonds. The van der Waals surface area contributed by atoms with Gasteiger partial charge in [0, 0.05) is 58.2 Å². The van der Waals surface area contributed by atoms with E-state index in [1.807, 2.05) is 0 Å². The van der Waals surface area contributed by atoms with Crippen LogP contribution in [0, 0.1) is 29.6 Å². The Morgan fingerprint density at radius 3 is 2.27 bits per heavy atom. The fraction of sp³-hybridized carbons (Fsp3) is 0.918. The summed E-state index contributed by atoms with van der Waals surface area (Å²) in [5.41, 5.74) is 1.77. The number of methoxy groups -OCH3 is 1. The second kappa shape index (κ2) is 24.0. The van der Waals surface area contributed by atoms with Crippen LogP contribution in [0.3, 0.4) is 0 Å². The lowest BCUT2D eigenvalue weighted by molar-refractivity contribution is -0.264. The van der Waals surface area contributed by atoms with Crippen LogP contribution in [0.2, 0.25) is 0 Å². The molecule has 0 aromatic heterocycles. The smallest absolute Gasteiger partial charge is 0.308 e. The number of carbonyl (C=O) groups excluding carboxylic acids is 1. The first-order valence-electron chi connectivity index (χ1n) is 30.9. The molecule has 18 heteroatoms. The molecule has 3 unspecified atom stereocenters. The molecule has 14 rings (SSSR count). The molecule has 14 aliphatic rings. The van der Waals surface area contributed by atoms with Gasteiger partial charge in [0.25, 0.3) is 0 Å². The average Bonchev–Trinajstić information content (AvgIpc) is 4.19. The van der Waals surface area contributed by atoms with Crippen LogP contribution in [0.4, 0.5) is 0 Å². The number of carbonyl (C=O) groups is 1. The molecule has 10 bridgehead atoms. The maximum Gasteiger partial charge on any atom is 0.308 e. The highest BCUT2D eigenvalue weighted by Gasteiger charge is 2.62. The second-order valence-corrected chi connectivity index (χ2v) is 26.9. The Morgan fingerprint density at radius 2 is 1.44 bits per heavy atom. The van der Waals surface area contributed by atoms with Crippen LogP contribution >= 0.6 is 0 Å². The summed E-state index contributed by atoms with van der Waals surface area (Å²) in [4.78, 5) is 14.5. The summed E-state index contributed by atoms with van der Waals surface area (Å²) in [5, 5.41) is 40.9. The molecular weight excluding hydrogens is 1020 g/mol. The fourth-order valence-corrected chi connectivity index (χ4v) is 17.1. The molecule has 0 aromatic rings. The normalized spacial score (nSPS) is 51.4. The Labute approximate surface area is 467 Å². The van der Waals surface area contributed by atoms with E-state index < -0.39 is 54.9 Å². The lowest BCUT2D eigenvalue weighted by Gasteiger charge is -2.51.